The van der Waals surface area contributed by atoms with Gasteiger partial charge in [-0.3, -0.25) is 4.79 Å². The number of nitrogens with two attached hydrogens (primary N) is 1. The highest BCUT2D eigenvalue weighted by Gasteiger charge is 2.09. The number of aromatic nitrogens is 1. The molecule has 1 heterocycles. The van der Waals surface area contributed by atoms with Crippen LogP contribution in [0.3, 0.4) is 0 Å². The maximum Gasteiger partial charge on any atom is 0.221 e. The summed E-state index contributed by atoms with van der Waals surface area (Å²) in [6, 6.07) is -0.0981. The lowest BCUT2D eigenvalue weighted by Gasteiger charge is -2.06. The molecule has 1 atom stereocenters. The molecule has 0 fully saturated rings. The van der Waals surface area contributed by atoms with Crippen LogP contribution in [-0.2, 0) is 11.2 Å². The SMILES string of the molecule is Cc1noc(C)c1CCNC(=O)CC(C)N. The van der Waals surface area contributed by atoms with Gasteiger partial charge in [-0.05, 0) is 27.2 Å². The largest absolute Gasteiger partial charge is 0.361 e. The molecule has 1 unspecified atom stereocenters. The van der Waals surface area contributed by atoms with Crippen molar-refractivity contribution in [3.8, 4) is 0 Å². The summed E-state index contributed by atoms with van der Waals surface area (Å²) in [5.41, 5.74) is 7.48. The van der Waals surface area contributed by atoms with Crippen LogP contribution >= 0.6 is 0 Å². The van der Waals surface area contributed by atoms with Crippen molar-refractivity contribution in [2.75, 3.05) is 6.54 Å². The van der Waals surface area contributed by atoms with E-state index >= 15 is 0 Å². The lowest BCUT2D eigenvalue weighted by atomic mass is 10.1. The zero-order chi connectivity index (χ0) is 12.1. The summed E-state index contributed by atoms with van der Waals surface area (Å²) in [6.07, 6.45) is 1.10. The summed E-state index contributed by atoms with van der Waals surface area (Å²) < 4.78 is 5.03. The van der Waals surface area contributed by atoms with Crippen molar-refractivity contribution < 1.29 is 9.32 Å². The number of nitrogens with one attached hydrogen (secondary N) is 1. The lowest BCUT2D eigenvalue weighted by molar-refractivity contribution is -0.121. The molecule has 0 aromatic carbocycles. The van der Waals surface area contributed by atoms with E-state index in [1.165, 1.54) is 0 Å². The first-order valence-electron chi connectivity index (χ1n) is 5.44. The molecule has 0 aliphatic carbocycles. The van der Waals surface area contributed by atoms with Crippen LogP contribution in [0.15, 0.2) is 4.52 Å². The standard InChI is InChI=1S/C11H19N3O2/c1-7(12)6-11(15)13-5-4-10-8(2)14-16-9(10)3/h7H,4-6,12H2,1-3H3,(H,13,15). The van der Waals surface area contributed by atoms with E-state index in [0.717, 1.165) is 23.4 Å². The Kier molecular flexibility index (Phi) is 4.49. The molecule has 0 saturated carbocycles. The second-order valence-electron chi connectivity index (χ2n) is 4.08. The summed E-state index contributed by atoms with van der Waals surface area (Å²) >= 11 is 0. The third-order valence-corrected chi connectivity index (χ3v) is 2.39. The first-order chi connectivity index (χ1) is 7.50. The van der Waals surface area contributed by atoms with Gasteiger partial charge in [-0.1, -0.05) is 5.16 Å². The zero-order valence-electron chi connectivity index (χ0n) is 10.0. The highest BCUT2D eigenvalue weighted by molar-refractivity contribution is 5.76. The van der Waals surface area contributed by atoms with Crippen LogP contribution < -0.4 is 11.1 Å². The summed E-state index contributed by atoms with van der Waals surface area (Å²) in [7, 11) is 0. The van der Waals surface area contributed by atoms with Crippen LogP contribution in [0.25, 0.3) is 0 Å². The third kappa shape index (κ3) is 3.66. The molecule has 5 heteroatoms. The molecule has 1 aromatic rings. The fourth-order valence-electron chi connectivity index (χ4n) is 1.55. The molecule has 5 nitrogen and oxygen atoms in total. The molecule has 0 bridgehead atoms. The number of aryl methyl sites for hydroxylation is 2. The molecule has 16 heavy (non-hydrogen) atoms. The first kappa shape index (κ1) is 12.7. The summed E-state index contributed by atoms with van der Waals surface area (Å²) in [4.78, 5) is 11.3. The Morgan fingerprint density at radius 1 is 1.56 bits per heavy atom. The maximum atomic E-state index is 11.3. The highest BCUT2D eigenvalue weighted by atomic mass is 16.5. The predicted molar refractivity (Wildman–Crippen MR) is 61.0 cm³/mol. The molecule has 0 aliphatic rings. The van der Waals surface area contributed by atoms with E-state index in [1.807, 2.05) is 20.8 Å². The van der Waals surface area contributed by atoms with Crippen LogP contribution in [0.2, 0.25) is 0 Å². The molecule has 90 valence electrons. The molecular formula is C11H19N3O2. The zero-order valence-corrected chi connectivity index (χ0v) is 10.0. The average Bonchev–Trinajstić information content (AvgIpc) is 2.47. The van der Waals surface area contributed by atoms with Crippen LogP contribution in [0.4, 0.5) is 0 Å². The van der Waals surface area contributed by atoms with Gasteiger partial charge in [-0.25, -0.2) is 0 Å². The summed E-state index contributed by atoms with van der Waals surface area (Å²) in [5, 5.41) is 6.67. The normalized spacial score (nSPS) is 12.5. The van der Waals surface area contributed by atoms with Crippen molar-refractivity contribution >= 4 is 5.91 Å². The Morgan fingerprint density at radius 3 is 2.75 bits per heavy atom. The smallest absolute Gasteiger partial charge is 0.221 e. The number of hydrogen-bond donors (Lipinski definition) is 2. The molecule has 1 rings (SSSR count). The lowest BCUT2D eigenvalue weighted by Crippen LogP contribution is -2.31. The van der Waals surface area contributed by atoms with Gasteiger partial charge in [0.05, 0.1) is 5.69 Å². The van der Waals surface area contributed by atoms with Crippen LogP contribution in [0.5, 0.6) is 0 Å². The van der Waals surface area contributed by atoms with Gasteiger partial charge in [-0.15, -0.1) is 0 Å². The van der Waals surface area contributed by atoms with Gasteiger partial charge in [0.15, 0.2) is 0 Å². The van der Waals surface area contributed by atoms with Gasteiger partial charge >= 0.3 is 0 Å². The highest BCUT2D eigenvalue weighted by Crippen LogP contribution is 2.11. The number of carbonyl (C=O) groups excluding carboxylic acids is 1. The minimum absolute atomic E-state index is 0.0123. The van der Waals surface area contributed by atoms with Gasteiger partial charge in [0.2, 0.25) is 5.91 Å². The van der Waals surface area contributed by atoms with Gasteiger partial charge in [0.1, 0.15) is 5.76 Å². The van der Waals surface area contributed by atoms with E-state index in [2.05, 4.69) is 10.5 Å². The van der Waals surface area contributed by atoms with Crippen LogP contribution in [0.1, 0.15) is 30.4 Å². The Balaban J connectivity index is 2.33. The Morgan fingerprint density at radius 2 is 2.25 bits per heavy atom. The minimum Gasteiger partial charge on any atom is -0.361 e. The average molecular weight is 225 g/mol. The van der Waals surface area contributed by atoms with Crippen molar-refractivity contribution in [1.82, 2.24) is 10.5 Å². The van der Waals surface area contributed by atoms with Crippen molar-refractivity contribution in [2.45, 2.75) is 39.7 Å². The Labute approximate surface area is 95.4 Å². The fraction of sp³-hybridized carbons (Fsp3) is 0.636. The number of rotatable bonds is 5. The molecule has 0 spiro atoms. The van der Waals surface area contributed by atoms with Crippen LogP contribution in [-0.4, -0.2) is 23.7 Å². The van der Waals surface area contributed by atoms with E-state index in [0.29, 0.717) is 13.0 Å². The summed E-state index contributed by atoms with van der Waals surface area (Å²) in [5.74, 6) is 0.806. The molecular weight excluding hydrogens is 206 g/mol. The van der Waals surface area contributed by atoms with Crippen molar-refractivity contribution in [3.63, 3.8) is 0 Å². The van der Waals surface area contributed by atoms with Gasteiger partial charge < -0.3 is 15.6 Å². The Hall–Kier alpha value is -1.36. The first-order valence-corrected chi connectivity index (χ1v) is 5.44. The van der Waals surface area contributed by atoms with E-state index in [9.17, 15) is 4.79 Å². The van der Waals surface area contributed by atoms with Crippen molar-refractivity contribution in [1.29, 1.82) is 0 Å². The van der Waals surface area contributed by atoms with Crippen molar-refractivity contribution in [3.05, 3.63) is 17.0 Å². The van der Waals surface area contributed by atoms with Gasteiger partial charge in [0, 0.05) is 24.6 Å². The molecule has 1 amide bonds. The number of amides is 1. The Bertz CT molecular complexity index is 339. The van der Waals surface area contributed by atoms with Crippen molar-refractivity contribution in [2.24, 2.45) is 5.73 Å². The third-order valence-electron chi connectivity index (χ3n) is 2.39. The quantitative estimate of drug-likeness (QED) is 0.772. The number of nitrogens with zero attached hydrogens (tertiary/aromatic N) is 1. The molecule has 3 N–H and O–H groups in total. The number of carbonyl (C=O) groups is 1. The van der Waals surface area contributed by atoms with Gasteiger partial charge in [-0.2, -0.15) is 0 Å². The molecule has 1 aromatic heterocycles. The minimum atomic E-state index is -0.0981. The maximum absolute atomic E-state index is 11.3. The number of hydrogen-bond acceptors (Lipinski definition) is 4. The molecule has 0 saturated heterocycles. The topological polar surface area (TPSA) is 81.2 Å². The van der Waals surface area contributed by atoms with E-state index < -0.39 is 0 Å². The molecule has 0 radical (unpaired) electrons. The monoisotopic (exact) mass is 225 g/mol. The van der Waals surface area contributed by atoms with E-state index in [1.54, 1.807) is 0 Å². The summed E-state index contributed by atoms with van der Waals surface area (Å²) in [6.45, 7) is 6.18. The van der Waals surface area contributed by atoms with Gasteiger partial charge in [0.25, 0.3) is 0 Å². The fourth-order valence-corrected chi connectivity index (χ4v) is 1.55. The predicted octanol–water partition coefficient (Wildman–Crippen LogP) is 0.687. The van der Waals surface area contributed by atoms with E-state index in [-0.39, 0.29) is 11.9 Å². The van der Waals surface area contributed by atoms with Crippen LogP contribution in [0, 0.1) is 13.8 Å². The molecule has 0 aliphatic heterocycles. The van der Waals surface area contributed by atoms with E-state index in [4.69, 9.17) is 10.3 Å². The second kappa shape index (κ2) is 5.65. The second-order valence-corrected chi connectivity index (χ2v) is 4.08.